The van der Waals surface area contributed by atoms with E-state index in [1.54, 1.807) is 0 Å². The second kappa shape index (κ2) is 3.55. The highest BCUT2D eigenvalue weighted by molar-refractivity contribution is 5.84. The molecule has 2 N–H and O–H groups in total. The van der Waals surface area contributed by atoms with E-state index in [9.17, 15) is 0 Å². The molecule has 1 aliphatic heterocycles. The lowest BCUT2D eigenvalue weighted by Gasteiger charge is -2.12. The van der Waals surface area contributed by atoms with Gasteiger partial charge >= 0.3 is 0 Å². The Labute approximate surface area is 87.6 Å². The maximum absolute atomic E-state index is 5.92. The molecule has 3 rings (SSSR count). The molecule has 0 aliphatic carbocycles. The summed E-state index contributed by atoms with van der Waals surface area (Å²) in [6.45, 7) is 1.99. The third-order valence-electron chi connectivity index (χ3n) is 2.75. The van der Waals surface area contributed by atoms with E-state index in [1.165, 1.54) is 0 Å². The van der Waals surface area contributed by atoms with Crippen molar-refractivity contribution in [1.82, 2.24) is 15.5 Å². The summed E-state index contributed by atoms with van der Waals surface area (Å²) in [7, 11) is 0. The van der Waals surface area contributed by atoms with Gasteiger partial charge in [0, 0.05) is 6.54 Å². The quantitative estimate of drug-likeness (QED) is 0.773. The van der Waals surface area contributed by atoms with Gasteiger partial charge in [-0.1, -0.05) is 6.07 Å². The molecule has 4 nitrogen and oxygen atoms in total. The van der Waals surface area contributed by atoms with Crippen LogP contribution < -0.4 is 10.1 Å². The van der Waals surface area contributed by atoms with Crippen LogP contribution in [-0.4, -0.2) is 29.4 Å². The first-order valence-corrected chi connectivity index (χ1v) is 5.23. The summed E-state index contributed by atoms with van der Waals surface area (Å²) in [5.74, 6) is 0.926. The van der Waals surface area contributed by atoms with Crippen LogP contribution in [0.2, 0.25) is 0 Å². The van der Waals surface area contributed by atoms with Gasteiger partial charge in [0.25, 0.3) is 0 Å². The Morgan fingerprint density at radius 2 is 2.40 bits per heavy atom. The summed E-state index contributed by atoms with van der Waals surface area (Å²) in [6.07, 6.45) is 3.19. The van der Waals surface area contributed by atoms with Crippen molar-refractivity contribution in [3.05, 3.63) is 24.4 Å². The lowest BCUT2D eigenvalue weighted by atomic mass is 10.2. The maximum Gasteiger partial charge on any atom is 0.130 e. The van der Waals surface area contributed by atoms with Crippen molar-refractivity contribution >= 4 is 10.9 Å². The number of fused-ring (bicyclic) bond motifs is 1. The largest absolute Gasteiger partial charge is 0.488 e. The Bertz CT molecular complexity index is 460. The first-order chi connectivity index (χ1) is 7.43. The Morgan fingerprint density at radius 3 is 3.27 bits per heavy atom. The Hall–Kier alpha value is -1.55. The van der Waals surface area contributed by atoms with E-state index >= 15 is 0 Å². The lowest BCUT2D eigenvalue weighted by Crippen LogP contribution is -2.19. The number of hydrogen-bond donors (Lipinski definition) is 2. The van der Waals surface area contributed by atoms with Crippen LogP contribution in [0.5, 0.6) is 5.75 Å². The average Bonchev–Trinajstić information content (AvgIpc) is 2.87. The highest BCUT2D eigenvalue weighted by Crippen LogP contribution is 2.25. The topological polar surface area (TPSA) is 49.9 Å². The van der Waals surface area contributed by atoms with E-state index in [4.69, 9.17) is 4.74 Å². The minimum atomic E-state index is 0.297. The molecule has 0 bridgehead atoms. The van der Waals surface area contributed by atoms with Crippen LogP contribution in [0.1, 0.15) is 6.42 Å². The number of ether oxygens (including phenoxy) is 1. The minimum absolute atomic E-state index is 0.297. The molecular weight excluding hydrogens is 190 g/mol. The zero-order chi connectivity index (χ0) is 10.1. The molecule has 1 aromatic carbocycles. The smallest absolute Gasteiger partial charge is 0.130 e. The molecule has 4 heteroatoms. The van der Waals surface area contributed by atoms with Gasteiger partial charge in [0.15, 0.2) is 0 Å². The Morgan fingerprint density at radius 1 is 1.40 bits per heavy atom. The fourth-order valence-corrected chi connectivity index (χ4v) is 1.95. The van der Waals surface area contributed by atoms with E-state index in [-0.39, 0.29) is 0 Å². The highest BCUT2D eigenvalue weighted by atomic mass is 16.5. The van der Waals surface area contributed by atoms with Crippen LogP contribution in [0.4, 0.5) is 0 Å². The third-order valence-corrected chi connectivity index (χ3v) is 2.75. The zero-order valence-corrected chi connectivity index (χ0v) is 8.36. The van der Waals surface area contributed by atoms with Gasteiger partial charge in [-0.2, -0.15) is 5.10 Å². The van der Waals surface area contributed by atoms with Gasteiger partial charge in [-0.05, 0) is 25.1 Å². The molecule has 1 aliphatic rings. The number of rotatable bonds is 2. The van der Waals surface area contributed by atoms with Crippen LogP contribution in [-0.2, 0) is 0 Å². The van der Waals surface area contributed by atoms with Gasteiger partial charge in [-0.15, -0.1) is 0 Å². The van der Waals surface area contributed by atoms with E-state index in [0.717, 1.165) is 36.2 Å². The zero-order valence-electron chi connectivity index (χ0n) is 8.36. The van der Waals surface area contributed by atoms with Crippen molar-refractivity contribution in [2.45, 2.75) is 12.5 Å². The number of nitrogens with one attached hydrogen (secondary N) is 2. The average molecular weight is 203 g/mol. The number of aromatic amines is 1. The van der Waals surface area contributed by atoms with Gasteiger partial charge in [-0.25, -0.2) is 0 Å². The molecule has 0 spiro atoms. The summed E-state index contributed by atoms with van der Waals surface area (Å²) >= 11 is 0. The number of nitrogens with zero attached hydrogens (tertiary/aromatic N) is 1. The van der Waals surface area contributed by atoms with Crippen molar-refractivity contribution in [3.63, 3.8) is 0 Å². The molecule has 2 aromatic rings. The van der Waals surface area contributed by atoms with Crippen LogP contribution in [0, 0.1) is 0 Å². The third kappa shape index (κ3) is 1.57. The summed E-state index contributed by atoms with van der Waals surface area (Å²) in [5.41, 5.74) is 1.03. The van der Waals surface area contributed by atoms with E-state index < -0.39 is 0 Å². The molecule has 0 radical (unpaired) electrons. The van der Waals surface area contributed by atoms with Crippen molar-refractivity contribution in [2.75, 3.05) is 13.1 Å². The summed E-state index contributed by atoms with van der Waals surface area (Å²) < 4.78 is 5.92. The second-order valence-corrected chi connectivity index (χ2v) is 3.82. The van der Waals surface area contributed by atoms with Crippen molar-refractivity contribution in [1.29, 1.82) is 0 Å². The maximum atomic E-state index is 5.92. The molecule has 0 saturated carbocycles. The predicted molar refractivity (Wildman–Crippen MR) is 58.0 cm³/mol. The molecule has 1 fully saturated rings. The number of hydrogen-bond acceptors (Lipinski definition) is 3. The number of benzene rings is 1. The fourth-order valence-electron chi connectivity index (χ4n) is 1.95. The van der Waals surface area contributed by atoms with E-state index in [2.05, 4.69) is 15.5 Å². The van der Waals surface area contributed by atoms with Gasteiger partial charge in [0.1, 0.15) is 11.9 Å². The van der Waals surface area contributed by atoms with Crippen molar-refractivity contribution in [2.24, 2.45) is 0 Å². The summed E-state index contributed by atoms with van der Waals surface area (Å²) in [5, 5.41) is 11.3. The van der Waals surface area contributed by atoms with Crippen LogP contribution in [0.3, 0.4) is 0 Å². The Balaban J connectivity index is 1.92. The van der Waals surface area contributed by atoms with Crippen LogP contribution >= 0.6 is 0 Å². The monoisotopic (exact) mass is 203 g/mol. The van der Waals surface area contributed by atoms with E-state index in [0.29, 0.717) is 6.10 Å². The first kappa shape index (κ1) is 8.73. The van der Waals surface area contributed by atoms with Crippen LogP contribution in [0.25, 0.3) is 10.9 Å². The second-order valence-electron chi connectivity index (χ2n) is 3.82. The molecule has 78 valence electrons. The van der Waals surface area contributed by atoms with E-state index in [1.807, 2.05) is 24.4 Å². The molecule has 1 saturated heterocycles. The predicted octanol–water partition coefficient (Wildman–Crippen LogP) is 1.30. The molecule has 1 unspecified atom stereocenters. The molecular formula is C11H13N3O. The van der Waals surface area contributed by atoms with Gasteiger partial charge in [0.2, 0.25) is 0 Å². The SMILES string of the molecule is c1cc(OC2CCNC2)c2cn[nH]c2c1. The highest BCUT2D eigenvalue weighted by Gasteiger charge is 2.16. The Kier molecular flexibility index (Phi) is 2.07. The molecule has 1 aromatic heterocycles. The first-order valence-electron chi connectivity index (χ1n) is 5.23. The van der Waals surface area contributed by atoms with Crippen molar-refractivity contribution < 1.29 is 4.74 Å². The van der Waals surface area contributed by atoms with Gasteiger partial charge in [0.05, 0.1) is 17.1 Å². The molecule has 2 heterocycles. The normalized spacial score (nSPS) is 20.9. The fraction of sp³-hybridized carbons (Fsp3) is 0.364. The summed E-state index contributed by atoms with van der Waals surface area (Å²) in [6, 6.07) is 5.98. The minimum Gasteiger partial charge on any atom is -0.488 e. The number of H-pyrrole nitrogens is 1. The number of aromatic nitrogens is 2. The van der Waals surface area contributed by atoms with Crippen LogP contribution in [0.15, 0.2) is 24.4 Å². The molecule has 1 atom stereocenters. The summed E-state index contributed by atoms with van der Waals surface area (Å²) in [4.78, 5) is 0. The molecule has 15 heavy (non-hydrogen) atoms. The van der Waals surface area contributed by atoms with Crippen molar-refractivity contribution in [3.8, 4) is 5.75 Å². The standard InChI is InChI=1S/C11H13N3O/c1-2-10-9(7-13-14-10)11(3-1)15-8-4-5-12-6-8/h1-3,7-8,12H,4-6H2,(H,13,14). The van der Waals surface area contributed by atoms with Gasteiger partial charge in [-0.3, -0.25) is 5.10 Å². The lowest BCUT2D eigenvalue weighted by molar-refractivity contribution is 0.226. The van der Waals surface area contributed by atoms with Gasteiger partial charge < -0.3 is 10.1 Å². The molecule has 0 amide bonds.